The van der Waals surface area contributed by atoms with Crippen LogP contribution in [0.2, 0.25) is 0 Å². The van der Waals surface area contributed by atoms with E-state index in [1.165, 1.54) is 0 Å². The number of ether oxygens (including phenoxy) is 2. The fourth-order valence-electron chi connectivity index (χ4n) is 4.67. The zero-order valence-electron chi connectivity index (χ0n) is 19.9. The molecule has 1 aliphatic rings. The summed E-state index contributed by atoms with van der Waals surface area (Å²) in [7, 11) is 0. The van der Waals surface area contributed by atoms with E-state index in [2.05, 4.69) is 0 Å². The van der Waals surface area contributed by atoms with Gasteiger partial charge in [-0.1, -0.05) is 60.7 Å². The van der Waals surface area contributed by atoms with Crippen molar-refractivity contribution in [2.45, 2.75) is 58.3 Å². The number of rotatable bonds is 11. The molecule has 1 aliphatic heterocycles. The van der Waals surface area contributed by atoms with Crippen molar-refractivity contribution >= 4 is 5.78 Å². The smallest absolute Gasteiger partial charge is 0.255 e. The van der Waals surface area contributed by atoms with Crippen LogP contribution in [-0.4, -0.2) is 23.6 Å². The summed E-state index contributed by atoms with van der Waals surface area (Å²) >= 11 is 0. The summed E-state index contributed by atoms with van der Waals surface area (Å²) in [6.45, 7) is 3.64. The van der Waals surface area contributed by atoms with Crippen LogP contribution in [0.3, 0.4) is 0 Å². The van der Waals surface area contributed by atoms with Crippen molar-refractivity contribution in [2.75, 3.05) is 13.2 Å². The second kappa shape index (κ2) is 11.9. The number of benzene rings is 2. The largest absolute Gasteiger partial charge is 0.377 e. The number of carbonyl (C=O) groups is 1. The Balaban J connectivity index is 1.44. The quantitative estimate of drug-likeness (QED) is 0.289. The van der Waals surface area contributed by atoms with Gasteiger partial charge in [0, 0.05) is 23.4 Å². The van der Waals surface area contributed by atoms with E-state index in [0.29, 0.717) is 50.4 Å². The summed E-state index contributed by atoms with van der Waals surface area (Å²) in [6, 6.07) is 22.0. The predicted molar refractivity (Wildman–Crippen MR) is 133 cm³/mol. The first-order valence-corrected chi connectivity index (χ1v) is 12.1. The Morgan fingerprint density at radius 3 is 2.26 bits per heavy atom. The lowest BCUT2D eigenvalue weighted by atomic mass is 9.95. The maximum absolute atomic E-state index is 13.6. The molecule has 2 aromatic carbocycles. The molecule has 0 fully saturated rings. The Kier molecular flexibility index (Phi) is 8.45. The van der Waals surface area contributed by atoms with Crippen molar-refractivity contribution in [2.24, 2.45) is 0 Å². The lowest BCUT2D eigenvalue weighted by Gasteiger charge is -2.29. The van der Waals surface area contributed by atoms with Crippen LogP contribution < -0.4 is 5.56 Å². The molecule has 3 aromatic rings. The van der Waals surface area contributed by atoms with Crippen molar-refractivity contribution in [3.63, 3.8) is 0 Å². The molecular formula is C29H33NO4. The van der Waals surface area contributed by atoms with Crippen molar-refractivity contribution in [1.82, 2.24) is 4.57 Å². The Hall–Kier alpha value is -3.02. The van der Waals surface area contributed by atoms with E-state index >= 15 is 0 Å². The van der Waals surface area contributed by atoms with Crippen molar-refractivity contribution in [3.05, 3.63) is 105 Å². The summed E-state index contributed by atoms with van der Waals surface area (Å²) in [5.41, 5.74) is 4.31. The molecule has 1 atom stereocenters. The van der Waals surface area contributed by atoms with Crippen LogP contribution in [0.15, 0.2) is 71.5 Å². The standard InChI is InChI=1S/C29H33NO4/c1-22(31)28-18-25-14-8-15-26(21-34-20-24-12-6-3-7-13-24)30(25)29(32)27(28)16-9-17-33-19-23-10-4-2-5-11-23/h2-7,10-13,18,26H,8-9,14-17,19-21H2,1H3/t26-/m0/s1. The molecule has 0 spiro atoms. The molecule has 0 unspecified atom stereocenters. The zero-order valence-corrected chi connectivity index (χ0v) is 19.9. The minimum Gasteiger partial charge on any atom is -0.377 e. The third-order valence-corrected chi connectivity index (χ3v) is 6.39. The van der Waals surface area contributed by atoms with E-state index < -0.39 is 0 Å². The normalized spacial score (nSPS) is 15.1. The van der Waals surface area contributed by atoms with E-state index in [1.807, 2.05) is 71.3 Å². The molecule has 0 saturated carbocycles. The number of pyridine rings is 1. The molecule has 0 saturated heterocycles. The summed E-state index contributed by atoms with van der Waals surface area (Å²) in [4.78, 5) is 26.0. The average Bonchev–Trinajstić information content (AvgIpc) is 2.86. The Labute approximate surface area is 201 Å². The van der Waals surface area contributed by atoms with Gasteiger partial charge in [0.1, 0.15) is 0 Å². The molecule has 178 valence electrons. The number of carbonyl (C=O) groups excluding carboxylic acids is 1. The van der Waals surface area contributed by atoms with Crippen LogP contribution in [-0.2, 0) is 35.5 Å². The highest BCUT2D eigenvalue weighted by molar-refractivity contribution is 5.95. The topological polar surface area (TPSA) is 57.5 Å². The number of fused-ring (bicyclic) bond motifs is 1. The van der Waals surface area contributed by atoms with Crippen LogP contribution in [0.25, 0.3) is 0 Å². The molecule has 0 radical (unpaired) electrons. The highest BCUT2D eigenvalue weighted by atomic mass is 16.5. The van der Waals surface area contributed by atoms with Gasteiger partial charge in [-0.15, -0.1) is 0 Å². The SMILES string of the molecule is CC(=O)c1cc2n(c(=O)c1CCCOCc1ccccc1)[C@H](COCc1ccccc1)CCC2. The van der Waals surface area contributed by atoms with E-state index in [0.717, 1.165) is 36.1 Å². The Bertz CT molecular complexity index is 1140. The number of nitrogens with zero attached hydrogens (tertiary/aromatic N) is 1. The Morgan fingerprint density at radius 2 is 1.62 bits per heavy atom. The van der Waals surface area contributed by atoms with Crippen molar-refractivity contribution in [3.8, 4) is 0 Å². The van der Waals surface area contributed by atoms with Crippen LogP contribution >= 0.6 is 0 Å². The highest BCUT2D eigenvalue weighted by Crippen LogP contribution is 2.26. The van der Waals surface area contributed by atoms with Gasteiger partial charge in [-0.2, -0.15) is 0 Å². The number of aromatic nitrogens is 1. The minimum absolute atomic E-state index is 0.00551. The van der Waals surface area contributed by atoms with Gasteiger partial charge in [0.25, 0.3) is 5.56 Å². The lowest BCUT2D eigenvalue weighted by molar-refractivity contribution is 0.0809. The van der Waals surface area contributed by atoms with Gasteiger partial charge in [-0.25, -0.2) is 0 Å². The maximum Gasteiger partial charge on any atom is 0.255 e. The second-order valence-corrected chi connectivity index (χ2v) is 8.95. The van der Waals surface area contributed by atoms with E-state index in [9.17, 15) is 9.59 Å². The molecule has 5 heteroatoms. The summed E-state index contributed by atoms with van der Waals surface area (Å²) in [5, 5.41) is 0. The molecule has 4 rings (SSSR count). The number of hydrogen-bond donors (Lipinski definition) is 0. The number of hydrogen-bond acceptors (Lipinski definition) is 4. The van der Waals surface area contributed by atoms with Gasteiger partial charge in [0.2, 0.25) is 0 Å². The van der Waals surface area contributed by atoms with Crippen LogP contribution in [0, 0.1) is 0 Å². The predicted octanol–water partition coefficient (Wildman–Crippen LogP) is 5.29. The minimum atomic E-state index is -0.0526. The molecule has 0 bridgehead atoms. The van der Waals surface area contributed by atoms with Crippen LogP contribution in [0.5, 0.6) is 0 Å². The van der Waals surface area contributed by atoms with Gasteiger partial charge in [0.05, 0.1) is 25.9 Å². The van der Waals surface area contributed by atoms with Crippen LogP contribution in [0.1, 0.15) is 65.0 Å². The zero-order chi connectivity index (χ0) is 23.8. The Morgan fingerprint density at radius 1 is 0.971 bits per heavy atom. The first kappa shape index (κ1) is 24.1. The van der Waals surface area contributed by atoms with Gasteiger partial charge < -0.3 is 14.0 Å². The van der Waals surface area contributed by atoms with E-state index in [-0.39, 0.29) is 17.4 Å². The molecule has 34 heavy (non-hydrogen) atoms. The number of aryl methyl sites for hydroxylation is 1. The maximum atomic E-state index is 13.6. The van der Waals surface area contributed by atoms with Gasteiger partial charge in [0.15, 0.2) is 5.78 Å². The van der Waals surface area contributed by atoms with Gasteiger partial charge in [-0.3, -0.25) is 9.59 Å². The first-order valence-electron chi connectivity index (χ1n) is 12.1. The van der Waals surface area contributed by atoms with Gasteiger partial charge in [-0.05, 0) is 56.2 Å². The fourth-order valence-corrected chi connectivity index (χ4v) is 4.67. The molecule has 0 N–H and O–H groups in total. The highest BCUT2D eigenvalue weighted by Gasteiger charge is 2.25. The molecule has 2 heterocycles. The first-order chi connectivity index (χ1) is 16.6. The lowest BCUT2D eigenvalue weighted by Crippen LogP contribution is -2.36. The summed E-state index contributed by atoms with van der Waals surface area (Å²) < 4.78 is 13.7. The summed E-state index contributed by atoms with van der Waals surface area (Å²) in [6.07, 6.45) is 3.92. The monoisotopic (exact) mass is 459 g/mol. The molecule has 0 aliphatic carbocycles. The summed E-state index contributed by atoms with van der Waals surface area (Å²) in [5.74, 6) is -0.0526. The second-order valence-electron chi connectivity index (χ2n) is 8.95. The molecule has 5 nitrogen and oxygen atoms in total. The number of ketones is 1. The van der Waals surface area contributed by atoms with Crippen molar-refractivity contribution in [1.29, 1.82) is 0 Å². The number of Topliss-reactive ketones (excluding diaryl/α,β-unsaturated/α-hetero) is 1. The van der Waals surface area contributed by atoms with Gasteiger partial charge >= 0.3 is 0 Å². The van der Waals surface area contributed by atoms with E-state index in [1.54, 1.807) is 6.92 Å². The molecule has 1 aromatic heterocycles. The fraction of sp³-hybridized carbons (Fsp3) is 0.379. The third kappa shape index (κ3) is 6.10. The van der Waals surface area contributed by atoms with Crippen LogP contribution in [0.4, 0.5) is 0 Å². The molecular weight excluding hydrogens is 426 g/mol. The van der Waals surface area contributed by atoms with Crippen molar-refractivity contribution < 1.29 is 14.3 Å². The molecule has 0 amide bonds. The third-order valence-electron chi connectivity index (χ3n) is 6.39. The van der Waals surface area contributed by atoms with E-state index in [4.69, 9.17) is 9.47 Å². The average molecular weight is 460 g/mol.